The zero-order valence-corrected chi connectivity index (χ0v) is 47.9. The third-order valence-corrected chi connectivity index (χ3v) is 17.6. The minimum atomic E-state index is -4.73. The summed E-state index contributed by atoms with van der Waals surface area (Å²) in [6.45, 7) is 12.9. The number of nitrogens with two attached hydrogens (primary N) is 1. The highest BCUT2D eigenvalue weighted by atomic mass is 19.4. The average molecular weight is 1130 g/mol. The Kier molecular flexibility index (Phi) is 15.8. The molecule has 5 fully saturated rings. The number of nitrogens with zero attached hydrogens (tertiary/aromatic N) is 9. The molecular formula is C63H74F3N13O4. The number of nitrogen functional groups attached to an aromatic ring is 1. The lowest BCUT2D eigenvalue weighted by molar-refractivity contribution is -0.138. The molecule has 2 bridgehead atoms. The number of piperazine rings is 1. The van der Waals surface area contributed by atoms with Gasteiger partial charge in [-0.05, 0) is 128 Å². The molecule has 4 saturated heterocycles. The van der Waals surface area contributed by atoms with Crippen LogP contribution in [0.5, 0.6) is 6.01 Å². The van der Waals surface area contributed by atoms with Gasteiger partial charge >= 0.3 is 12.2 Å². The summed E-state index contributed by atoms with van der Waals surface area (Å²) >= 11 is 0. The Balaban J connectivity index is 0.856. The lowest BCUT2D eigenvalue weighted by Gasteiger charge is -2.31. The number of aromatic nitrogens is 7. The number of halogens is 3. The largest absolute Gasteiger partial charge is 0.460 e. The van der Waals surface area contributed by atoms with Gasteiger partial charge < -0.3 is 41.0 Å². The van der Waals surface area contributed by atoms with Crippen molar-refractivity contribution in [3.05, 3.63) is 112 Å². The van der Waals surface area contributed by atoms with E-state index in [9.17, 15) is 9.59 Å². The van der Waals surface area contributed by atoms with Crippen molar-refractivity contribution < 1.29 is 32.2 Å². The minimum absolute atomic E-state index is 0.00122. The molecule has 0 spiro atoms. The van der Waals surface area contributed by atoms with Gasteiger partial charge in [0.15, 0.2) is 6.29 Å². The fraction of sp³-hybridized carbons (Fsp3) is 0.476. The van der Waals surface area contributed by atoms with Crippen LogP contribution in [0.1, 0.15) is 122 Å². The quantitative estimate of drug-likeness (QED) is 0.0527. The number of alkyl halides is 3. The molecule has 1 saturated carbocycles. The van der Waals surface area contributed by atoms with Crippen molar-refractivity contribution in [1.82, 2.24) is 50.0 Å². The first-order valence-electron chi connectivity index (χ1n) is 29.6. The number of likely N-dealkylation sites (tertiary alicyclic amines) is 1. The second kappa shape index (κ2) is 23.3. The normalized spacial score (nSPS) is 19.6. The van der Waals surface area contributed by atoms with Crippen molar-refractivity contribution >= 4 is 40.4 Å². The maximum absolute atomic E-state index is 15.5. The summed E-state index contributed by atoms with van der Waals surface area (Å²) in [7, 11) is 1.81. The number of hydrogen-bond acceptors (Lipinski definition) is 14. The van der Waals surface area contributed by atoms with Crippen LogP contribution < -0.4 is 31.3 Å². The monoisotopic (exact) mass is 1130 g/mol. The van der Waals surface area contributed by atoms with Gasteiger partial charge in [0.2, 0.25) is 5.91 Å². The Labute approximate surface area is 481 Å². The van der Waals surface area contributed by atoms with Crippen LogP contribution in [0.15, 0.2) is 73.1 Å². The maximum Gasteiger partial charge on any atom is 0.418 e. The van der Waals surface area contributed by atoms with Gasteiger partial charge in [-0.3, -0.25) is 19.0 Å². The van der Waals surface area contributed by atoms with Gasteiger partial charge in [0, 0.05) is 117 Å². The molecule has 20 heteroatoms. The molecule has 5 aliphatic rings. The molecule has 4 aliphatic heterocycles. The second-order valence-electron chi connectivity index (χ2n) is 23.5. The number of anilines is 3. The first kappa shape index (κ1) is 56.1. The van der Waals surface area contributed by atoms with Crippen LogP contribution in [0.3, 0.4) is 0 Å². The summed E-state index contributed by atoms with van der Waals surface area (Å²) in [5.41, 5.74) is 14.1. The first-order valence-corrected chi connectivity index (χ1v) is 29.6. The van der Waals surface area contributed by atoms with Gasteiger partial charge in [0.25, 0.3) is 0 Å². The molecule has 17 nitrogen and oxygen atoms in total. The minimum Gasteiger partial charge on any atom is -0.460 e. The van der Waals surface area contributed by atoms with E-state index in [2.05, 4.69) is 62.1 Å². The van der Waals surface area contributed by atoms with Crippen LogP contribution in [-0.4, -0.2) is 122 Å². The van der Waals surface area contributed by atoms with E-state index in [1.54, 1.807) is 4.68 Å². The molecule has 5 N–H and O–H groups in total. The molecule has 436 valence electrons. The second-order valence-corrected chi connectivity index (χ2v) is 23.5. The molecule has 3 aromatic carbocycles. The van der Waals surface area contributed by atoms with Gasteiger partial charge in [-0.2, -0.15) is 33.3 Å². The van der Waals surface area contributed by atoms with Crippen molar-refractivity contribution in [2.45, 2.75) is 141 Å². The number of carbonyl (C=O) groups excluding carboxylic acids is 2. The number of nitrogens with one attached hydrogen (secondary N) is 3. The lowest BCUT2D eigenvalue weighted by Crippen LogP contribution is -2.46. The molecular weight excluding hydrogens is 1060 g/mol. The SMILES string of the molecule is CCn1nccc1-c1ccc(CNCC2CCCN2C(=O)C(C(C)C)n2cc(-c3ccc(CCc4c(-c5nc(N)cc(C)c5C(F)(F)F)c(C5CC5)cc5c(N6CC7CC6CN7)nc(OC6CCOCC6)nc45)cc3NC)c(C=O)n2)cc1. The first-order chi connectivity index (χ1) is 40.2. The molecule has 83 heavy (non-hydrogen) atoms. The van der Waals surface area contributed by atoms with E-state index in [0.717, 1.165) is 97.2 Å². The number of hydrogen-bond donors (Lipinski definition) is 4. The molecule has 1 amide bonds. The molecule has 4 aromatic heterocycles. The van der Waals surface area contributed by atoms with Crippen LogP contribution in [-0.2, 0) is 41.6 Å². The predicted octanol–water partition coefficient (Wildman–Crippen LogP) is 9.95. The Bertz CT molecular complexity index is 3530. The van der Waals surface area contributed by atoms with E-state index >= 15 is 13.2 Å². The summed E-state index contributed by atoms with van der Waals surface area (Å²) in [4.78, 5) is 47.0. The Morgan fingerprint density at radius 1 is 0.976 bits per heavy atom. The number of carbonyl (C=O) groups is 2. The van der Waals surface area contributed by atoms with Crippen molar-refractivity contribution in [3.63, 3.8) is 0 Å². The number of benzene rings is 3. The van der Waals surface area contributed by atoms with Crippen molar-refractivity contribution in [1.29, 1.82) is 0 Å². The Morgan fingerprint density at radius 2 is 1.77 bits per heavy atom. The van der Waals surface area contributed by atoms with Crippen LogP contribution in [0, 0.1) is 12.8 Å². The summed E-state index contributed by atoms with van der Waals surface area (Å²) in [6, 6.07) is 19.8. The van der Waals surface area contributed by atoms with Gasteiger partial charge in [-0.15, -0.1) is 0 Å². The van der Waals surface area contributed by atoms with E-state index in [4.69, 9.17) is 30.3 Å². The zero-order chi connectivity index (χ0) is 57.7. The Morgan fingerprint density at radius 3 is 2.47 bits per heavy atom. The third-order valence-electron chi connectivity index (χ3n) is 17.6. The number of aryl methyl sites for hydroxylation is 4. The Hall–Kier alpha value is -7.42. The number of rotatable bonds is 20. The third kappa shape index (κ3) is 11.3. The summed E-state index contributed by atoms with van der Waals surface area (Å²) in [5.74, 6) is 0.549. The number of fused-ring (bicyclic) bond motifs is 3. The molecule has 0 radical (unpaired) electrons. The molecule has 4 unspecified atom stereocenters. The van der Waals surface area contributed by atoms with Crippen molar-refractivity contribution in [3.8, 4) is 39.7 Å². The average Bonchev–Trinajstić information content (AvgIpc) is 2.72. The van der Waals surface area contributed by atoms with Gasteiger partial charge in [-0.1, -0.05) is 50.2 Å². The van der Waals surface area contributed by atoms with Crippen LogP contribution >= 0.6 is 0 Å². The molecule has 7 aromatic rings. The molecule has 1 aliphatic carbocycles. The molecule has 8 heterocycles. The van der Waals surface area contributed by atoms with E-state index in [0.29, 0.717) is 91.6 Å². The highest BCUT2D eigenvalue weighted by molar-refractivity contribution is 5.98. The highest BCUT2D eigenvalue weighted by Crippen LogP contribution is 2.52. The zero-order valence-electron chi connectivity index (χ0n) is 47.9. The fourth-order valence-electron chi connectivity index (χ4n) is 13.4. The predicted molar refractivity (Wildman–Crippen MR) is 315 cm³/mol. The molecule has 4 atom stereocenters. The number of pyridine rings is 1. The molecule has 12 rings (SSSR count). The fourth-order valence-corrected chi connectivity index (χ4v) is 13.4. The lowest BCUT2D eigenvalue weighted by atomic mass is 9.86. The van der Waals surface area contributed by atoms with E-state index in [1.165, 1.54) is 13.0 Å². The number of amides is 1. The van der Waals surface area contributed by atoms with E-state index < -0.39 is 17.8 Å². The summed E-state index contributed by atoms with van der Waals surface area (Å²) in [5, 5.41) is 20.6. The number of ether oxygens (including phenoxy) is 2. The van der Waals surface area contributed by atoms with Crippen LogP contribution in [0.2, 0.25) is 0 Å². The summed E-state index contributed by atoms with van der Waals surface area (Å²) < 4.78 is 62.4. The van der Waals surface area contributed by atoms with Crippen LogP contribution in [0.4, 0.5) is 30.5 Å². The topological polar surface area (TPSA) is 196 Å². The van der Waals surface area contributed by atoms with Crippen LogP contribution in [0.25, 0.3) is 44.5 Å². The standard InChI is InChI=1S/C63H74F3N13O4/c1-6-78-53(19-22-71-78)41-13-9-39(10-14-41)30-69-31-43-8-7-23-76(43)61(81)59(36(2)3)79-34-50(52(35-80)75-79)46-17-11-38(27-51(46)68-5)12-18-47-55(58-56(63(64,65)66)37(4)26-54(67)72-58)48(40-15-16-40)29-49-57(47)73-62(83-45-20-24-82-25-21-45)74-60(49)77-33-42-28-44(77)32-70-42/h9-11,13-14,17,19,22,26-27,29,34-36,40,42-45,59,68-70H,6-8,12,15-16,18,20-21,23-25,28,30-33H2,1-5H3,(H2,67,72). The number of aldehydes is 1. The van der Waals surface area contributed by atoms with Crippen molar-refractivity contribution in [2.75, 3.05) is 62.4 Å². The van der Waals surface area contributed by atoms with Gasteiger partial charge in [-0.25, -0.2) is 4.98 Å². The van der Waals surface area contributed by atoms with E-state index in [1.807, 2.05) is 73.2 Å². The maximum atomic E-state index is 15.5. The van der Waals surface area contributed by atoms with Gasteiger partial charge in [0.1, 0.15) is 29.5 Å². The highest BCUT2D eigenvalue weighted by Gasteiger charge is 2.43. The summed E-state index contributed by atoms with van der Waals surface area (Å²) in [6.07, 6.45) is 5.80. The van der Waals surface area contributed by atoms with Gasteiger partial charge in [0.05, 0.1) is 35.7 Å². The van der Waals surface area contributed by atoms with Crippen molar-refractivity contribution in [2.24, 2.45) is 5.92 Å². The smallest absolute Gasteiger partial charge is 0.418 e. The van der Waals surface area contributed by atoms with E-state index in [-0.39, 0.29) is 71.1 Å².